The highest BCUT2D eigenvalue weighted by atomic mass is 35.5. The third kappa shape index (κ3) is 3.95. The zero-order valence-corrected chi connectivity index (χ0v) is 14.5. The van der Waals surface area contributed by atoms with E-state index >= 15 is 0 Å². The minimum absolute atomic E-state index is 0.0465. The molecule has 25 heavy (non-hydrogen) atoms. The van der Waals surface area contributed by atoms with Gasteiger partial charge in [-0.15, -0.1) is 10.2 Å². The quantitative estimate of drug-likeness (QED) is 0.759. The number of methoxy groups -OCH3 is 1. The van der Waals surface area contributed by atoms with Crippen molar-refractivity contribution in [1.82, 2.24) is 20.2 Å². The number of ether oxygens (including phenoxy) is 1. The van der Waals surface area contributed by atoms with Gasteiger partial charge >= 0.3 is 0 Å². The van der Waals surface area contributed by atoms with Gasteiger partial charge in [-0.25, -0.2) is 0 Å². The second-order valence-electron chi connectivity index (χ2n) is 5.33. The Bertz CT molecular complexity index is 892. The fraction of sp³-hybridized carbons (Fsp3) is 0.176. The molecule has 2 aromatic carbocycles. The third-order valence-electron chi connectivity index (χ3n) is 3.63. The van der Waals surface area contributed by atoms with E-state index in [0.29, 0.717) is 16.5 Å². The average molecular weight is 358 g/mol. The van der Waals surface area contributed by atoms with Crippen LogP contribution in [-0.4, -0.2) is 33.2 Å². The minimum Gasteiger partial charge on any atom is -0.497 e. The second kappa shape index (κ2) is 7.31. The molecule has 0 bridgehead atoms. The van der Waals surface area contributed by atoms with Crippen LogP contribution in [0.25, 0.3) is 11.4 Å². The zero-order chi connectivity index (χ0) is 17.8. The number of amides is 1. The zero-order valence-electron chi connectivity index (χ0n) is 13.7. The van der Waals surface area contributed by atoms with Gasteiger partial charge in [0.1, 0.15) is 12.3 Å². The molecule has 0 unspecified atom stereocenters. The smallest absolute Gasteiger partial charge is 0.248 e. The van der Waals surface area contributed by atoms with E-state index in [4.69, 9.17) is 16.3 Å². The van der Waals surface area contributed by atoms with E-state index in [1.165, 1.54) is 4.80 Å². The molecule has 8 heteroatoms. The highest BCUT2D eigenvalue weighted by Crippen LogP contribution is 2.23. The van der Waals surface area contributed by atoms with Gasteiger partial charge < -0.3 is 10.1 Å². The Kier molecular flexibility index (Phi) is 4.95. The molecule has 3 rings (SSSR count). The van der Waals surface area contributed by atoms with Gasteiger partial charge in [0, 0.05) is 16.3 Å². The maximum Gasteiger partial charge on any atom is 0.248 e. The Hall–Kier alpha value is -2.93. The minimum atomic E-state index is -0.260. The van der Waals surface area contributed by atoms with Gasteiger partial charge in [-0.1, -0.05) is 17.7 Å². The number of carbonyl (C=O) groups is 1. The van der Waals surface area contributed by atoms with Crippen molar-refractivity contribution in [3.8, 4) is 17.1 Å². The summed E-state index contributed by atoms with van der Waals surface area (Å²) < 4.78 is 5.11. The summed E-state index contributed by atoms with van der Waals surface area (Å²) in [5, 5.41) is 15.5. The number of hydrogen-bond donors (Lipinski definition) is 1. The van der Waals surface area contributed by atoms with Crippen LogP contribution in [0.3, 0.4) is 0 Å². The van der Waals surface area contributed by atoms with Crippen LogP contribution in [0.5, 0.6) is 5.75 Å². The van der Waals surface area contributed by atoms with Crippen LogP contribution >= 0.6 is 11.6 Å². The van der Waals surface area contributed by atoms with Crippen LogP contribution in [0, 0.1) is 6.92 Å². The third-order valence-corrected chi connectivity index (χ3v) is 4.04. The first-order valence-electron chi connectivity index (χ1n) is 7.54. The van der Waals surface area contributed by atoms with Gasteiger partial charge in [0.25, 0.3) is 0 Å². The lowest BCUT2D eigenvalue weighted by Gasteiger charge is -2.08. The summed E-state index contributed by atoms with van der Waals surface area (Å²) in [5.41, 5.74) is 2.26. The fourth-order valence-electron chi connectivity index (χ4n) is 2.23. The molecule has 0 aliphatic heterocycles. The molecule has 7 nitrogen and oxygen atoms in total. The van der Waals surface area contributed by atoms with Crippen molar-refractivity contribution < 1.29 is 9.53 Å². The first-order chi connectivity index (χ1) is 12.1. The predicted molar refractivity (Wildman–Crippen MR) is 94.6 cm³/mol. The van der Waals surface area contributed by atoms with Crippen LogP contribution in [0.1, 0.15) is 5.56 Å². The maximum atomic E-state index is 12.2. The Balaban J connectivity index is 1.68. The van der Waals surface area contributed by atoms with Gasteiger partial charge in [0.15, 0.2) is 0 Å². The summed E-state index contributed by atoms with van der Waals surface area (Å²) >= 11 is 6.05. The largest absolute Gasteiger partial charge is 0.497 e. The monoisotopic (exact) mass is 357 g/mol. The van der Waals surface area contributed by atoms with Gasteiger partial charge in [-0.2, -0.15) is 4.80 Å². The number of anilines is 1. The SMILES string of the molecule is COc1ccc(-c2nnn(CC(=O)Nc3cccc(Cl)c3C)n2)cc1. The van der Waals surface area contributed by atoms with Crippen LogP contribution in [0.15, 0.2) is 42.5 Å². The molecule has 0 aliphatic rings. The topological polar surface area (TPSA) is 81.9 Å². The summed E-state index contributed by atoms with van der Waals surface area (Å²) in [6, 6.07) is 12.6. The Morgan fingerprint density at radius 1 is 1.24 bits per heavy atom. The maximum absolute atomic E-state index is 12.2. The lowest BCUT2D eigenvalue weighted by molar-refractivity contribution is -0.117. The summed E-state index contributed by atoms with van der Waals surface area (Å²) in [7, 11) is 1.60. The van der Waals surface area contributed by atoms with Crippen molar-refractivity contribution in [3.05, 3.63) is 53.1 Å². The Morgan fingerprint density at radius 3 is 2.72 bits per heavy atom. The molecule has 0 aliphatic carbocycles. The van der Waals surface area contributed by atoms with Crippen molar-refractivity contribution >= 4 is 23.2 Å². The number of carbonyl (C=O) groups excluding carboxylic acids is 1. The van der Waals surface area contributed by atoms with Gasteiger partial charge in [-0.3, -0.25) is 4.79 Å². The standard InChI is InChI=1S/C17H16ClN5O2/c1-11-14(18)4-3-5-15(11)19-16(24)10-23-21-17(20-22-23)12-6-8-13(25-2)9-7-12/h3-9H,10H2,1-2H3,(H,19,24). The van der Waals surface area contributed by atoms with Crippen molar-refractivity contribution in [2.45, 2.75) is 13.5 Å². The molecule has 0 fully saturated rings. The average Bonchev–Trinajstić information content (AvgIpc) is 3.07. The molecule has 1 aromatic heterocycles. The molecule has 3 aromatic rings. The number of benzene rings is 2. The molecule has 0 saturated heterocycles. The number of tetrazole rings is 1. The highest BCUT2D eigenvalue weighted by Gasteiger charge is 2.11. The number of halogens is 1. The second-order valence-corrected chi connectivity index (χ2v) is 5.74. The Labute approximate surface area is 149 Å². The lowest BCUT2D eigenvalue weighted by atomic mass is 10.2. The molecular weight excluding hydrogens is 342 g/mol. The molecule has 0 radical (unpaired) electrons. The molecule has 1 heterocycles. The molecular formula is C17H16ClN5O2. The lowest BCUT2D eigenvalue weighted by Crippen LogP contribution is -2.21. The Morgan fingerprint density at radius 2 is 2.00 bits per heavy atom. The molecule has 0 spiro atoms. The van der Waals surface area contributed by atoms with Crippen molar-refractivity contribution in [2.24, 2.45) is 0 Å². The van der Waals surface area contributed by atoms with Gasteiger partial charge in [0.2, 0.25) is 11.7 Å². The number of rotatable bonds is 5. The normalized spacial score (nSPS) is 10.5. The molecule has 1 amide bonds. The van der Waals surface area contributed by atoms with Gasteiger partial charge in [0.05, 0.1) is 7.11 Å². The van der Waals surface area contributed by atoms with E-state index < -0.39 is 0 Å². The summed E-state index contributed by atoms with van der Waals surface area (Å²) in [5.74, 6) is 0.922. The summed E-state index contributed by atoms with van der Waals surface area (Å²) in [6.07, 6.45) is 0. The van der Waals surface area contributed by atoms with Gasteiger partial charge in [-0.05, 0) is 54.1 Å². The van der Waals surface area contributed by atoms with Crippen molar-refractivity contribution in [2.75, 3.05) is 12.4 Å². The molecule has 0 saturated carbocycles. The van der Waals surface area contributed by atoms with Crippen LogP contribution < -0.4 is 10.1 Å². The van der Waals surface area contributed by atoms with Crippen LogP contribution in [-0.2, 0) is 11.3 Å². The van der Waals surface area contributed by atoms with Crippen molar-refractivity contribution in [1.29, 1.82) is 0 Å². The van der Waals surface area contributed by atoms with E-state index in [1.807, 2.05) is 31.2 Å². The van der Waals surface area contributed by atoms with E-state index in [-0.39, 0.29) is 12.5 Å². The van der Waals surface area contributed by atoms with Crippen LogP contribution in [0.2, 0.25) is 5.02 Å². The van der Waals surface area contributed by atoms with E-state index in [9.17, 15) is 4.79 Å². The molecule has 0 atom stereocenters. The predicted octanol–water partition coefficient (Wildman–Crippen LogP) is 2.95. The summed E-state index contributed by atoms with van der Waals surface area (Å²) in [6.45, 7) is 1.79. The highest BCUT2D eigenvalue weighted by molar-refractivity contribution is 6.31. The van der Waals surface area contributed by atoms with Crippen LogP contribution in [0.4, 0.5) is 5.69 Å². The number of aromatic nitrogens is 4. The fourth-order valence-corrected chi connectivity index (χ4v) is 2.40. The number of nitrogens with one attached hydrogen (secondary N) is 1. The number of nitrogens with zero attached hydrogens (tertiary/aromatic N) is 4. The molecule has 1 N–H and O–H groups in total. The van der Waals surface area contributed by atoms with E-state index in [1.54, 1.807) is 25.3 Å². The first kappa shape index (κ1) is 16.9. The van der Waals surface area contributed by atoms with E-state index in [2.05, 4.69) is 20.7 Å². The van der Waals surface area contributed by atoms with Crippen molar-refractivity contribution in [3.63, 3.8) is 0 Å². The summed E-state index contributed by atoms with van der Waals surface area (Å²) in [4.78, 5) is 13.4. The molecule has 128 valence electrons. The first-order valence-corrected chi connectivity index (χ1v) is 7.92. The number of hydrogen-bond acceptors (Lipinski definition) is 5. The van der Waals surface area contributed by atoms with E-state index in [0.717, 1.165) is 16.9 Å².